The Labute approximate surface area is 164 Å². The summed E-state index contributed by atoms with van der Waals surface area (Å²) in [5.74, 6) is 1.72. The molecular weight excluding hydrogens is 334 g/mol. The van der Waals surface area contributed by atoms with Gasteiger partial charge < -0.3 is 15.9 Å². The highest BCUT2D eigenvalue weighted by Crippen LogP contribution is 2.29. The van der Waals surface area contributed by atoms with Crippen LogP contribution in [0.5, 0.6) is 11.5 Å². The molecule has 0 aliphatic rings. The molecule has 0 aliphatic heterocycles. The smallest absolute Gasteiger partial charge is 0.119 e. The second-order valence-corrected chi connectivity index (χ2v) is 8.48. The van der Waals surface area contributed by atoms with Crippen LogP contribution in [-0.2, 0) is 12.8 Å². The minimum Gasteiger partial charge on any atom is -0.508 e. The summed E-state index contributed by atoms with van der Waals surface area (Å²) >= 11 is 0. The molecule has 0 aromatic heterocycles. The first-order chi connectivity index (χ1) is 12.7. The SMILES string of the molecule is CC(C)c1cc(CCC(N)C(C)Cc2ccc(O)c(C(C)C)c2)ccc1O. The first kappa shape index (κ1) is 21.3. The number of hydrogen-bond donors (Lipinski definition) is 3. The lowest BCUT2D eigenvalue weighted by Crippen LogP contribution is -2.30. The van der Waals surface area contributed by atoms with Crippen molar-refractivity contribution in [3.05, 3.63) is 58.7 Å². The topological polar surface area (TPSA) is 66.5 Å². The van der Waals surface area contributed by atoms with E-state index in [1.54, 1.807) is 12.1 Å². The monoisotopic (exact) mass is 369 g/mol. The molecule has 0 radical (unpaired) electrons. The molecule has 4 N–H and O–H groups in total. The van der Waals surface area contributed by atoms with E-state index in [0.717, 1.165) is 30.4 Å². The number of hydrogen-bond acceptors (Lipinski definition) is 3. The summed E-state index contributed by atoms with van der Waals surface area (Å²) in [6.45, 7) is 10.6. The van der Waals surface area contributed by atoms with Crippen molar-refractivity contribution in [3.63, 3.8) is 0 Å². The number of rotatable bonds is 8. The van der Waals surface area contributed by atoms with Gasteiger partial charge in [-0.1, -0.05) is 58.9 Å². The fourth-order valence-corrected chi connectivity index (χ4v) is 3.56. The van der Waals surface area contributed by atoms with E-state index >= 15 is 0 Å². The van der Waals surface area contributed by atoms with E-state index in [1.807, 2.05) is 12.1 Å². The van der Waals surface area contributed by atoms with Crippen LogP contribution in [-0.4, -0.2) is 16.3 Å². The second kappa shape index (κ2) is 9.27. The third kappa shape index (κ3) is 5.74. The molecule has 3 heteroatoms. The molecule has 2 unspecified atom stereocenters. The van der Waals surface area contributed by atoms with E-state index in [4.69, 9.17) is 5.73 Å². The lowest BCUT2D eigenvalue weighted by molar-refractivity contribution is 0.427. The van der Waals surface area contributed by atoms with Crippen molar-refractivity contribution in [1.82, 2.24) is 0 Å². The van der Waals surface area contributed by atoms with Crippen molar-refractivity contribution in [1.29, 1.82) is 0 Å². The molecule has 2 rings (SSSR count). The molecule has 0 amide bonds. The van der Waals surface area contributed by atoms with Gasteiger partial charge in [0, 0.05) is 6.04 Å². The van der Waals surface area contributed by atoms with Crippen LogP contribution in [0.15, 0.2) is 36.4 Å². The van der Waals surface area contributed by atoms with Crippen molar-refractivity contribution >= 4 is 0 Å². The first-order valence-electron chi connectivity index (χ1n) is 10.1. The number of aryl methyl sites for hydroxylation is 1. The quantitative estimate of drug-likeness (QED) is 0.577. The Kier molecular flexibility index (Phi) is 7.32. The second-order valence-electron chi connectivity index (χ2n) is 8.48. The standard InChI is InChI=1S/C24H35NO2/c1-15(2)20-13-18(7-10-23(20)26)6-9-22(25)17(5)12-19-8-11-24(27)21(14-19)16(3)4/h7-8,10-11,13-17,22,26-27H,6,9,12,25H2,1-5H3. The van der Waals surface area contributed by atoms with Crippen LogP contribution in [0.3, 0.4) is 0 Å². The number of phenols is 2. The predicted octanol–water partition coefficient (Wildman–Crippen LogP) is 5.48. The van der Waals surface area contributed by atoms with Crippen molar-refractivity contribution in [2.24, 2.45) is 11.7 Å². The maximum atomic E-state index is 10.00. The summed E-state index contributed by atoms with van der Waals surface area (Å²) < 4.78 is 0. The average molecular weight is 370 g/mol. The zero-order valence-electron chi connectivity index (χ0n) is 17.4. The Balaban J connectivity index is 1.97. The van der Waals surface area contributed by atoms with Crippen LogP contribution < -0.4 is 5.73 Å². The molecule has 0 spiro atoms. The van der Waals surface area contributed by atoms with Gasteiger partial charge >= 0.3 is 0 Å². The summed E-state index contributed by atoms with van der Waals surface area (Å²) in [7, 11) is 0. The molecule has 148 valence electrons. The van der Waals surface area contributed by atoms with Gasteiger partial charge in [-0.05, 0) is 71.4 Å². The molecular formula is C24H35NO2. The summed E-state index contributed by atoms with van der Waals surface area (Å²) in [6, 6.07) is 11.9. The van der Waals surface area contributed by atoms with E-state index in [-0.39, 0.29) is 6.04 Å². The van der Waals surface area contributed by atoms with Crippen molar-refractivity contribution in [2.75, 3.05) is 0 Å². The molecule has 2 aromatic rings. The minimum absolute atomic E-state index is 0.109. The predicted molar refractivity (Wildman–Crippen MR) is 114 cm³/mol. The number of phenolic OH excluding ortho intramolecular Hbond substituents is 2. The molecule has 0 aliphatic carbocycles. The summed E-state index contributed by atoms with van der Waals surface area (Å²) in [6.07, 6.45) is 2.74. The fourth-order valence-electron chi connectivity index (χ4n) is 3.56. The van der Waals surface area contributed by atoms with Crippen LogP contribution in [0.1, 0.15) is 75.1 Å². The summed E-state index contributed by atoms with van der Waals surface area (Å²) in [5, 5.41) is 20.0. The van der Waals surface area contributed by atoms with Gasteiger partial charge in [-0.25, -0.2) is 0 Å². The molecule has 3 nitrogen and oxygen atoms in total. The zero-order valence-corrected chi connectivity index (χ0v) is 17.4. The molecule has 2 aromatic carbocycles. The van der Waals surface area contributed by atoms with Gasteiger partial charge in [0.15, 0.2) is 0 Å². The Bertz CT molecular complexity index is 752. The van der Waals surface area contributed by atoms with Gasteiger partial charge in [0.05, 0.1) is 0 Å². The lowest BCUT2D eigenvalue weighted by atomic mass is 9.88. The Morgan fingerprint density at radius 1 is 0.778 bits per heavy atom. The largest absolute Gasteiger partial charge is 0.508 e. The maximum absolute atomic E-state index is 10.00. The average Bonchev–Trinajstić information content (AvgIpc) is 2.61. The van der Waals surface area contributed by atoms with Gasteiger partial charge in [-0.2, -0.15) is 0 Å². The van der Waals surface area contributed by atoms with Crippen LogP contribution in [0.4, 0.5) is 0 Å². The van der Waals surface area contributed by atoms with Crippen molar-refractivity contribution in [3.8, 4) is 11.5 Å². The molecule has 27 heavy (non-hydrogen) atoms. The Morgan fingerprint density at radius 2 is 1.26 bits per heavy atom. The summed E-state index contributed by atoms with van der Waals surface area (Å²) in [5.41, 5.74) is 10.9. The molecule has 2 atom stereocenters. The molecule has 0 bridgehead atoms. The van der Waals surface area contributed by atoms with Crippen LogP contribution in [0.2, 0.25) is 0 Å². The van der Waals surface area contributed by atoms with Crippen LogP contribution in [0.25, 0.3) is 0 Å². The Morgan fingerprint density at radius 3 is 1.78 bits per heavy atom. The molecule has 0 saturated heterocycles. The third-order valence-corrected chi connectivity index (χ3v) is 5.48. The summed E-state index contributed by atoms with van der Waals surface area (Å²) in [4.78, 5) is 0. The number of aromatic hydroxyl groups is 2. The van der Waals surface area contributed by atoms with Crippen LogP contribution >= 0.6 is 0 Å². The van der Waals surface area contributed by atoms with E-state index < -0.39 is 0 Å². The maximum Gasteiger partial charge on any atom is 0.119 e. The van der Waals surface area contributed by atoms with E-state index in [1.165, 1.54) is 11.1 Å². The lowest BCUT2D eigenvalue weighted by Gasteiger charge is -2.21. The minimum atomic E-state index is 0.109. The molecule has 0 saturated carbocycles. The highest BCUT2D eigenvalue weighted by molar-refractivity contribution is 5.39. The molecule has 0 fully saturated rings. The van der Waals surface area contributed by atoms with Crippen LogP contribution in [0, 0.1) is 5.92 Å². The van der Waals surface area contributed by atoms with Gasteiger partial charge in [0.2, 0.25) is 0 Å². The van der Waals surface area contributed by atoms with Gasteiger partial charge in [-0.15, -0.1) is 0 Å². The van der Waals surface area contributed by atoms with E-state index in [0.29, 0.717) is 29.3 Å². The third-order valence-electron chi connectivity index (χ3n) is 5.48. The zero-order chi connectivity index (χ0) is 20.1. The van der Waals surface area contributed by atoms with Crippen molar-refractivity contribution < 1.29 is 10.2 Å². The van der Waals surface area contributed by atoms with E-state index in [2.05, 4.69) is 46.8 Å². The normalized spacial score (nSPS) is 13.9. The van der Waals surface area contributed by atoms with Gasteiger partial charge in [-0.3, -0.25) is 0 Å². The van der Waals surface area contributed by atoms with Gasteiger partial charge in [0.25, 0.3) is 0 Å². The first-order valence-corrected chi connectivity index (χ1v) is 10.1. The number of nitrogens with two attached hydrogens (primary N) is 1. The highest BCUT2D eigenvalue weighted by atomic mass is 16.3. The highest BCUT2D eigenvalue weighted by Gasteiger charge is 2.16. The number of benzene rings is 2. The van der Waals surface area contributed by atoms with E-state index in [9.17, 15) is 10.2 Å². The Hall–Kier alpha value is -2.00. The van der Waals surface area contributed by atoms with Crippen molar-refractivity contribution in [2.45, 2.75) is 71.8 Å². The fraction of sp³-hybridized carbons (Fsp3) is 0.500. The molecule has 0 heterocycles. The van der Waals surface area contributed by atoms with Gasteiger partial charge in [0.1, 0.15) is 11.5 Å².